The van der Waals surface area contributed by atoms with Crippen LogP contribution in [0, 0.1) is 17.0 Å². The van der Waals surface area contributed by atoms with Crippen LogP contribution in [0.2, 0.25) is 0 Å². The number of nitro groups is 1. The number of ether oxygens (including phenoxy) is 1. The second-order valence-electron chi connectivity index (χ2n) is 7.71. The fourth-order valence-corrected chi connectivity index (χ4v) is 4.80. The second kappa shape index (κ2) is 11.4. The van der Waals surface area contributed by atoms with E-state index < -0.39 is 10.8 Å². The summed E-state index contributed by atoms with van der Waals surface area (Å²) >= 11 is 4.96. The van der Waals surface area contributed by atoms with Gasteiger partial charge >= 0.3 is 0 Å². The number of hydrogen-bond donors (Lipinski definition) is 1. The lowest BCUT2D eigenvalue weighted by Crippen LogP contribution is -2.25. The van der Waals surface area contributed by atoms with Crippen molar-refractivity contribution < 1.29 is 14.5 Å². The third kappa shape index (κ3) is 5.58. The first-order valence-electron chi connectivity index (χ1n) is 10.9. The molecule has 4 aromatic rings. The molecule has 0 unspecified atom stereocenters. The van der Waals surface area contributed by atoms with Crippen LogP contribution in [0.15, 0.2) is 76.4 Å². The average Bonchev–Trinajstić information content (AvgIpc) is 3.29. The number of thioether (sulfide) groups is 1. The van der Waals surface area contributed by atoms with Gasteiger partial charge in [0.15, 0.2) is 11.0 Å². The number of rotatable bonds is 9. The Hall–Kier alpha value is -3.70. The summed E-state index contributed by atoms with van der Waals surface area (Å²) < 4.78 is 8.41. The van der Waals surface area contributed by atoms with Gasteiger partial charge in [-0.15, -0.1) is 10.2 Å². The molecule has 36 heavy (non-hydrogen) atoms. The summed E-state index contributed by atoms with van der Waals surface area (Å²) in [5.74, 6) is 1.36. The van der Waals surface area contributed by atoms with E-state index in [1.807, 2.05) is 53.1 Å². The van der Waals surface area contributed by atoms with E-state index in [4.69, 9.17) is 4.74 Å². The highest BCUT2D eigenvalue weighted by molar-refractivity contribution is 9.10. The van der Waals surface area contributed by atoms with Crippen molar-refractivity contribution in [1.82, 2.24) is 20.1 Å². The smallest absolute Gasteiger partial charge is 0.273 e. The zero-order chi connectivity index (χ0) is 25.7. The Balaban J connectivity index is 1.62. The van der Waals surface area contributed by atoms with Crippen molar-refractivity contribution in [1.29, 1.82) is 0 Å². The Labute approximate surface area is 220 Å². The minimum atomic E-state index is -0.501. The quantitative estimate of drug-likeness (QED) is 0.162. The Morgan fingerprint density at radius 2 is 1.86 bits per heavy atom. The lowest BCUT2D eigenvalue weighted by molar-refractivity contribution is -0.385. The number of methoxy groups -OCH3 is 1. The van der Waals surface area contributed by atoms with Gasteiger partial charge in [0.05, 0.1) is 24.3 Å². The molecule has 0 fully saturated rings. The summed E-state index contributed by atoms with van der Waals surface area (Å²) in [4.78, 5) is 23.7. The molecular weight excluding hydrogens is 546 g/mol. The number of halogens is 1. The molecule has 9 nitrogen and oxygen atoms in total. The summed E-state index contributed by atoms with van der Waals surface area (Å²) in [6.07, 6.45) is 0. The van der Waals surface area contributed by atoms with Crippen LogP contribution in [0.1, 0.15) is 27.3 Å². The third-order valence-corrected chi connectivity index (χ3v) is 6.99. The number of benzene rings is 3. The number of aromatic nitrogens is 3. The molecule has 184 valence electrons. The molecule has 4 rings (SSSR count). The van der Waals surface area contributed by atoms with E-state index in [9.17, 15) is 14.9 Å². The first-order chi connectivity index (χ1) is 17.4. The molecule has 1 aromatic heterocycles. The molecule has 1 heterocycles. The molecule has 0 aliphatic rings. The largest absolute Gasteiger partial charge is 0.495 e. The first kappa shape index (κ1) is 25.4. The fraction of sp³-hybridized carbons (Fsp3) is 0.160. The van der Waals surface area contributed by atoms with Crippen molar-refractivity contribution in [2.24, 2.45) is 0 Å². The first-order valence-corrected chi connectivity index (χ1v) is 12.6. The van der Waals surface area contributed by atoms with E-state index in [0.717, 1.165) is 15.7 Å². The zero-order valence-corrected chi connectivity index (χ0v) is 21.9. The molecule has 0 atom stereocenters. The minimum absolute atomic E-state index is 0.0604. The normalized spacial score (nSPS) is 10.8. The monoisotopic (exact) mass is 567 g/mol. The fourth-order valence-electron chi connectivity index (χ4n) is 3.62. The van der Waals surface area contributed by atoms with Gasteiger partial charge in [0.2, 0.25) is 0 Å². The number of hydrogen-bond acceptors (Lipinski definition) is 7. The van der Waals surface area contributed by atoms with Crippen LogP contribution in [-0.2, 0) is 12.3 Å². The molecule has 0 saturated heterocycles. The van der Waals surface area contributed by atoms with Crippen LogP contribution in [0.4, 0.5) is 5.69 Å². The number of nitro benzene ring substituents is 1. The van der Waals surface area contributed by atoms with Crippen LogP contribution >= 0.6 is 27.7 Å². The molecule has 11 heteroatoms. The van der Waals surface area contributed by atoms with Gasteiger partial charge in [-0.2, -0.15) is 0 Å². The van der Waals surface area contributed by atoms with Gasteiger partial charge in [-0.25, -0.2) is 0 Å². The summed E-state index contributed by atoms with van der Waals surface area (Å²) in [5.41, 5.74) is 2.29. The standard InChI is InChI=1S/C25H22BrN5O4S/c1-16-19(6-5-8-20(16)31(33)34)24(32)27-14-23-28-29-25(36-15-17-10-12-18(26)13-11-17)30(23)21-7-3-4-9-22(21)35-2/h3-13H,14-15H2,1-2H3,(H,27,32). The summed E-state index contributed by atoms with van der Waals surface area (Å²) in [6, 6.07) is 19.9. The van der Waals surface area contributed by atoms with Crippen molar-refractivity contribution in [3.63, 3.8) is 0 Å². The maximum Gasteiger partial charge on any atom is 0.273 e. The molecule has 1 N–H and O–H groups in total. The molecule has 0 aliphatic heterocycles. The van der Waals surface area contributed by atoms with Crippen LogP contribution in [0.25, 0.3) is 5.69 Å². The number of carbonyl (C=O) groups is 1. The van der Waals surface area contributed by atoms with Crippen LogP contribution < -0.4 is 10.1 Å². The highest BCUT2D eigenvalue weighted by Crippen LogP contribution is 2.30. The SMILES string of the molecule is COc1ccccc1-n1c(CNC(=O)c2cccc([N+](=O)[O-])c2C)nnc1SCc1ccc(Br)cc1. The molecule has 0 bridgehead atoms. The van der Waals surface area contributed by atoms with Gasteiger partial charge in [-0.3, -0.25) is 19.5 Å². The minimum Gasteiger partial charge on any atom is -0.495 e. The molecule has 3 aromatic carbocycles. The van der Waals surface area contributed by atoms with E-state index in [1.54, 1.807) is 20.1 Å². The Bertz CT molecular complexity index is 1410. The predicted octanol–water partition coefficient (Wildman–Crippen LogP) is 5.48. The highest BCUT2D eigenvalue weighted by atomic mass is 79.9. The average molecular weight is 568 g/mol. The molecule has 0 aliphatic carbocycles. The van der Waals surface area contributed by atoms with Gasteiger partial charge < -0.3 is 10.1 Å². The number of para-hydroxylation sites is 2. The van der Waals surface area contributed by atoms with Crippen molar-refractivity contribution in [2.75, 3.05) is 7.11 Å². The second-order valence-corrected chi connectivity index (χ2v) is 9.57. The van der Waals surface area contributed by atoms with E-state index in [2.05, 4.69) is 31.4 Å². The van der Waals surface area contributed by atoms with Crippen LogP contribution in [-0.4, -0.2) is 32.7 Å². The van der Waals surface area contributed by atoms with Gasteiger partial charge in [-0.1, -0.05) is 58.0 Å². The van der Waals surface area contributed by atoms with E-state index in [-0.39, 0.29) is 17.8 Å². The Morgan fingerprint density at radius 1 is 1.11 bits per heavy atom. The molecule has 1 amide bonds. The van der Waals surface area contributed by atoms with Gasteiger partial charge in [-0.05, 0) is 42.8 Å². The third-order valence-electron chi connectivity index (χ3n) is 5.46. The number of amides is 1. The lowest BCUT2D eigenvalue weighted by atomic mass is 10.1. The highest BCUT2D eigenvalue weighted by Gasteiger charge is 2.21. The topological polar surface area (TPSA) is 112 Å². The van der Waals surface area contributed by atoms with Gasteiger partial charge in [0.25, 0.3) is 11.6 Å². The van der Waals surface area contributed by atoms with E-state index in [1.165, 1.54) is 23.9 Å². The maximum atomic E-state index is 12.9. The molecular formula is C25H22BrN5O4S. The number of nitrogens with zero attached hydrogens (tertiary/aromatic N) is 4. The maximum absolute atomic E-state index is 12.9. The Kier molecular flexibility index (Phi) is 8.01. The molecule has 0 spiro atoms. The molecule has 0 radical (unpaired) electrons. The van der Waals surface area contributed by atoms with Crippen LogP contribution in [0.3, 0.4) is 0 Å². The van der Waals surface area contributed by atoms with Crippen molar-refractivity contribution in [3.8, 4) is 11.4 Å². The van der Waals surface area contributed by atoms with Crippen molar-refractivity contribution >= 4 is 39.3 Å². The zero-order valence-electron chi connectivity index (χ0n) is 19.5. The summed E-state index contributed by atoms with van der Waals surface area (Å²) in [5, 5.41) is 23.4. The lowest BCUT2D eigenvalue weighted by Gasteiger charge is -2.14. The van der Waals surface area contributed by atoms with Crippen LogP contribution in [0.5, 0.6) is 5.75 Å². The van der Waals surface area contributed by atoms with E-state index >= 15 is 0 Å². The Morgan fingerprint density at radius 3 is 2.58 bits per heavy atom. The molecule has 0 saturated carbocycles. The van der Waals surface area contributed by atoms with Crippen molar-refractivity contribution in [2.45, 2.75) is 24.4 Å². The van der Waals surface area contributed by atoms with Crippen molar-refractivity contribution in [3.05, 3.63) is 104 Å². The predicted molar refractivity (Wildman–Crippen MR) is 141 cm³/mol. The summed E-state index contributed by atoms with van der Waals surface area (Å²) in [7, 11) is 1.59. The van der Waals surface area contributed by atoms with Gasteiger partial charge in [0, 0.05) is 27.4 Å². The van der Waals surface area contributed by atoms with E-state index in [0.29, 0.717) is 28.0 Å². The summed E-state index contributed by atoms with van der Waals surface area (Å²) in [6.45, 7) is 1.62. The number of nitrogens with one attached hydrogen (secondary N) is 1. The number of carbonyl (C=O) groups excluding carboxylic acids is 1. The van der Waals surface area contributed by atoms with Gasteiger partial charge in [0.1, 0.15) is 5.75 Å².